The third-order valence-corrected chi connectivity index (χ3v) is 10.0. The van der Waals surface area contributed by atoms with Gasteiger partial charge in [-0.15, -0.1) is 0 Å². The van der Waals surface area contributed by atoms with E-state index in [-0.39, 0.29) is 81.5 Å². The van der Waals surface area contributed by atoms with Crippen molar-refractivity contribution in [2.45, 2.75) is 64.2 Å². The molecule has 6 rings (SSSR count). The number of phenolic OH excluding ortho intramolecular Hbond substituents is 1. The number of aromatic hydroxyl groups is 1. The Morgan fingerprint density at radius 2 is 1.58 bits per heavy atom. The number of aliphatic imine (C=N–C) groups is 1. The Hall–Kier alpha value is -6.27. The maximum Gasteiger partial charge on any atom is 0.308 e. The second kappa shape index (κ2) is 18.1. The molecule has 16 heteroatoms. The maximum absolute atomic E-state index is 14.9. The molecule has 0 saturated carbocycles. The summed E-state index contributed by atoms with van der Waals surface area (Å²) < 4.78 is 23.7. The van der Waals surface area contributed by atoms with E-state index in [2.05, 4.69) is 4.99 Å². The molecule has 16 nitrogen and oxygen atoms in total. The average molecular weight is 810 g/mol. The summed E-state index contributed by atoms with van der Waals surface area (Å²) in [6.45, 7) is 1.19. The van der Waals surface area contributed by atoms with Crippen LogP contribution in [0.25, 0.3) is 12.2 Å². The standard InChI is InChI=1S/C43H43N3O13/c1-21-36(51)40(55)41(56-14-13-46-43(44)45)42(57-21)59-32-17-29-35(37(52)28(32)15-24-9-6-10-25(18-47)30(24)20-49)39(54)33-26(19-48)16-31(58-22(2)50)27(34(33)38(29)53)12-11-23-7-4-3-5-8-23/h3-12,16-17,20-21,36,40-42,47-48,51-52,55H,13-15,18-19H2,1-2H3,(H4,44,45,46). The summed E-state index contributed by atoms with van der Waals surface area (Å²) in [5.74, 6) is -3.68. The number of rotatable bonds is 14. The maximum atomic E-state index is 14.9. The van der Waals surface area contributed by atoms with Crippen molar-refractivity contribution in [3.8, 4) is 17.2 Å². The summed E-state index contributed by atoms with van der Waals surface area (Å²) in [5.41, 5.74) is 10.9. The molecule has 4 aromatic carbocycles. The Morgan fingerprint density at radius 1 is 0.864 bits per heavy atom. The highest BCUT2D eigenvalue weighted by molar-refractivity contribution is 6.31. The van der Waals surface area contributed by atoms with Gasteiger partial charge in [-0.05, 0) is 47.4 Å². The number of esters is 1. The first-order chi connectivity index (χ1) is 28.3. The van der Waals surface area contributed by atoms with Crippen LogP contribution in [0, 0.1) is 0 Å². The Kier molecular flexibility index (Phi) is 13.0. The molecule has 1 fully saturated rings. The lowest BCUT2D eigenvalue weighted by atomic mass is 9.77. The molecule has 1 aliphatic heterocycles. The number of guanidine groups is 1. The largest absolute Gasteiger partial charge is 0.507 e. The third kappa shape index (κ3) is 8.63. The van der Waals surface area contributed by atoms with E-state index in [0.717, 1.165) is 6.92 Å². The Labute approximate surface area is 337 Å². The van der Waals surface area contributed by atoms with E-state index in [9.17, 15) is 44.7 Å². The van der Waals surface area contributed by atoms with E-state index >= 15 is 0 Å². The fourth-order valence-corrected chi connectivity index (χ4v) is 7.19. The van der Waals surface area contributed by atoms with E-state index < -0.39 is 72.8 Å². The molecule has 2 aliphatic rings. The van der Waals surface area contributed by atoms with E-state index in [1.54, 1.807) is 42.5 Å². The molecule has 9 N–H and O–H groups in total. The minimum atomic E-state index is -1.58. The summed E-state index contributed by atoms with van der Waals surface area (Å²) in [6, 6.07) is 16.1. The molecule has 5 atom stereocenters. The van der Waals surface area contributed by atoms with Gasteiger partial charge in [0, 0.05) is 46.7 Å². The van der Waals surface area contributed by atoms with Gasteiger partial charge in [0.1, 0.15) is 35.6 Å². The first-order valence-corrected chi connectivity index (χ1v) is 18.5. The van der Waals surface area contributed by atoms with E-state index in [1.165, 1.54) is 31.2 Å². The van der Waals surface area contributed by atoms with Crippen molar-refractivity contribution in [1.82, 2.24) is 0 Å². The van der Waals surface area contributed by atoms with E-state index in [4.69, 9.17) is 30.4 Å². The lowest BCUT2D eigenvalue weighted by Gasteiger charge is -2.41. The number of ketones is 2. The molecule has 0 spiro atoms. The van der Waals surface area contributed by atoms with Crippen LogP contribution in [0.3, 0.4) is 0 Å². The molecule has 0 amide bonds. The van der Waals surface area contributed by atoms with Crippen LogP contribution in [0.1, 0.15) is 89.4 Å². The lowest BCUT2D eigenvalue weighted by Crippen LogP contribution is -2.59. The summed E-state index contributed by atoms with van der Waals surface area (Å²) >= 11 is 0. The number of carbonyl (C=O) groups excluding carboxylic acids is 4. The monoisotopic (exact) mass is 809 g/mol. The van der Waals surface area contributed by atoms with Crippen LogP contribution in [0.2, 0.25) is 0 Å². The van der Waals surface area contributed by atoms with Gasteiger partial charge in [-0.25, -0.2) is 0 Å². The molecular weight excluding hydrogens is 766 g/mol. The molecule has 59 heavy (non-hydrogen) atoms. The van der Waals surface area contributed by atoms with Crippen molar-refractivity contribution in [1.29, 1.82) is 0 Å². The van der Waals surface area contributed by atoms with Crippen LogP contribution in [0.4, 0.5) is 0 Å². The molecule has 1 aliphatic carbocycles. The van der Waals surface area contributed by atoms with Crippen molar-refractivity contribution in [2.75, 3.05) is 13.2 Å². The fourth-order valence-electron chi connectivity index (χ4n) is 7.19. The van der Waals surface area contributed by atoms with Gasteiger partial charge >= 0.3 is 5.97 Å². The highest BCUT2D eigenvalue weighted by atomic mass is 16.7. The molecular formula is C43H43N3O13. The first kappa shape index (κ1) is 42.3. The summed E-state index contributed by atoms with van der Waals surface area (Å²) in [7, 11) is 0. The number of fused-ring (bicyclic) bond motifs is 2. The van der Waals surface area contributed by atoms with Crippen LogP contribution >= 0.6 is 0 Å². The zero-order valence-electron chi connectivity index (χ0n) is 32.0. The highest BCUT2D eigenvalue weighted by Gasteiger charge is 2.46. The van der Waals surface area contributed by atoms with Crippen molar-refractivity contribution >= 4 is 41.9 Å². The van der Waals surface area contributed by atoms with Gasteiger partial charge in [-0.3, -0.25) is 24.2 Å². The van der Waals surface area contributed by atoms with Crippen LogP contribution in [0.5, 0.6) is 17.2 Å². The van der Waals surface area contributed by atoms with Gasteiger partial charge in [0.15, 0.2) is 23.8 Å². The number of benzene rings is 4. The number of aliphatic hydroxyl groups excluding tert-OH is 4. The number of hydrogen-bond acceptors (Lipinski definition) is 14. The van der Waals surface area contributed by atoms with E-state index in [1.807, 2.05) is 6.07 Å². The number of aldehydes is 1. The molecule has 4 aromatic rings. The zero-order chi connectivity index (χ0) is 42.5. The van der Waals surface area contributed by atoms with Crippen molar-refractivity contribution in [3.05, 3.63) is 122 Å². The van der Waals surface area contributed by atoms with Gasteiger partial charge < -0.3 is 55.9 Å². The molecule has 0 bridgehead atoms. The summed E-state index contributed by atoms with van der Waals surface area (Å²) in [5, 5.41) is 54.5. The van der Waals surface area contributed by atoms with Gasteiger partial charge in [0.25, 0.3) is 0 Å². The smallest absolute Gasteiger partial charge is 0.308 e. The second-order valence-electron chi connectivity index (χ2n) is 13.9. The SMILES string of the molecule is CC(=O)Oc1cc(CO)c2c(c1C=Cc1ccccc1)C(=O)c1cc(OC3OC(C)C(O)C(O)C3OCCN=C(N)N)c(Cc3cccc(CO)c3C=O)c(O)c1C2=O. The van der Waals surface area contributed by atoms with Gasteiger partial charge in [0.05, 0.1) is 38.0 Å². The van der Waals surface area contributed by atoms with Gasteiger partial charge in [-0.1, -0.05) is 54.6 Å². The summed E-state index contributed by atoms with van der Waals surface area (Å²) in [6.07, 6.45) is -3.56. The molecule has 1 saturated heterocycles. The molecule has 1 heterocycles. The molecule has 0 radical (unpaired) electrons. The van der Waals surface area contributed by atoms with Gasteiger partial charge in [0.2, 0.25) is 6.29 Å². The third-order valence-electron chi connectivity index (χ3n) is 10.0. The topological polar surface area (TPSA) is 271 Å². The number of ether oxygens (including phenoxy) is 4. The molecule has 0 aromatic heterocycles. The number of aliphatic hydroxyl groups is 4. The normalized spacial score (nSPS) is 19.9. The van der Waals surface area contributed by atoms with Crippen LogP contribution in [-0.2, 0) is 33.9 Å². The van der Waals surface area contributed by atoms with Crippen LogP contribution in [-0.4, -0.2) is 99.2 Å². The fraction of sp³-hybridized carbons (Fsp3) is 0.279. The first-order valence-electron chi connectivity index (χ1n) is 18.5. The van der Waals surface area contributed by atoms with Crippen LogP contribution in [0.15, 0.2) is 65.7 Å². The predicted molar refractivity (Wildman–Crippen MR) is 212 cm³/mol. The van der Waals surface area contributed by atoms with Crippen molar-refractivity contribution < 1.29 is 63.7 Å². The average Bonchev–Trinajstić information content (AvgIpc) is 3.21. The van der Waals surface area contributed by atoms with E-state index in [0.29, 0.717) is 17.4 Å². The quantitative estimate of drug-likeness (QED) is 0.0161. The number of hydrogen-bond donors (Lipinski definition) is 7. The summed E-state index contributed by atoms with van der Waals surface area (Å²) in [4.78, 5) is 58.0. The number of phenols is 1. The zero-order valence-corrected chi connectivity index (χ0v) is 32.0. The molecule has 308 valence electrons. The Morgan fingerprint density at radius 3 is 2.24 bits per heavy atom. The minimum Gasteiger partial charge on any atom is -0.507 e. The van der Waals surface area contributed by atoms with Crippen molar-refractivity contribution in [2.24, 2.45) is 16.5 Å². The predicted octanol–water partition coefficient (Wildman–Crippen LogP) is 2.16. The second-order valence-corrected chi connectivity index (χ2v) is 13.9. The number of nitrogens with zero attached hydrogens (tertiary/aromatic N) is 1. The van der Waals surface area contributed by atoms with Crippen LogP contribution < -0.4 is 20.9 Å². The number of carbonyl (C=O) groups is 4. The number of nitrogens with two attached hydrogens (primary N) is 2. The Bertz CT molecular complexity index is 2340. The Balaban J connectivity index is 1.56. The minimum absolute atomic E-state index is 0.0350. The molecule has 5 unspecified atom stereocenters. The van der Waals surface area contributed by atoms with Gasteiger partial charge in [-0.2, -0.15) is 0 Å². The van der Waals surface area contributed by atoms with Crippen molar-refractivity contribution in [3.63, 3.8) is 0 Å². The highest BCUT2D eigenvalue weighted by Crippen LogP contribution is 2.45. The lowest BCUT2D eigenvalue weighted by molar-refractivity contribution is -0.278.